The minimum atomic E-state index is -1.62. The van der Waals surface area contributed by atoms with E-state index in [1.807, 2.05) is 6.08 Å². The molecule has 1 aliphatic heterocycles. The molecule has 1 rings (SSSR count). The first-order valence-corrected chi connectivity index (χ1v) is 38.2. The number of aliphatic hydroxyl groups excluding tert-OH is 5. The van der Waals surface area contributed by atoms with Crippen molar-refractivity contribution in [2.24, 2.45) is 0 Å². The van der Waals surface area contributed by atoms with E-state index in [-0.39, 0.29) is 13.0 Å². The molecule has 524 valence electrons. The lowest BCUT2D eigenvalue weighted by Crippen LogP contribution is -2.61. The Hall–Kier alpha value is -2.90. The summed E-state index contributed by atoms with van der Waals surface area (Å²) in [6.45, 7) is 5.73. The molecule has 1 amide bonds. The molecule has 1 saturated heterocycles. The van der Waals surface area contributed by atoms with Crippen molar-refractivity contribution in [3.63, 3.8) is 0 Å². The molecule has 11 heteroatoms. The van der Waals surface area contributed by atoms with Gasteiger partial charge in [0.15, 0.2) is 12.4 Å². The van der Waals surface area contributed by atoms with Crippen LogP contribution in [0.25, 0.3) is 0 Å². The molecule has 1 fully saturated rings. The molecule has 8 unspecified atom stereocenters. The van der Waals surface area contributed by atoms with E-state index in [9.17, 15) is 35.1 Å². The number of ether oxygens (including phenoxy) is 3. The fraction of sp³-hybridized carbons (Fsp3) is 0.823. The van der Waals surface area contributed by atoms with E-state index in [0.717, 1.165) is 96.3 Å². The number of esters is 1. The number of unbranched alkanes of at least 4 members (excludes halogenated alkanes) is 42. The monoisotopic (exact) mass is 1270 g/mol. The second kappa shape index (κ2) is 66.1. The molecule has 0 bridgehead atoms. The van der Waals surface area contributed by atoms with Gasteiger partial charge in [-0.3, -0.25) is 9.59 Å². The van der Waals surface area contributed by atoms with Crippen molar-refractivity contribution in [2.75, 3.05) is 13.2 Å². The number of aliphatic hydroxyl groups is 5. The highest BCUT2D eigenvalue weighted by Crippen LogP contribution is 2.27. The van der Waals surface area contributed by atoms with Gasteiger partial charge in [0.1, 0.15) is 24.4 Å². The van der Waals surface area contributed by atoms with Crippen molar-refractivity contribution in [1.82, 2.24) is 5.32 Å². The van der Waals surface area contributed by atoms with E-state index in [0.29, 0.717) is 19.3 Å². The lowest BCUT2D eigenvalue weighted by molar-refractivity contribution is -0.305. The number of amides is 1. The highest BCUT2D eigenvalue weighted by atomic mass is 16.7. The van der Waals surface area contributed by atoms with Gasteiger partial charge in [-0.25, -0.2) is 0 Å². The summed E-state index contributed by atoms with van der Waals surface area (Å²) >= 11 is 0. The van der Waals surface area contributed by atoms with Crippen LogP contribution in [0.2, 0.25) is 0 Å². The lowest BCUT2D eigenvalue weighted by Gasteiger charge is -2.41. The zero-order chi connectivity index (χ0) is 65.3. The number of carbonyl (C=O) groups excluding carboxylic acids is 2. The molecule has 0 spiro atoms. The highest BCUT2D eigenvalue weighted by molar-refractivity contribution is 5.80. The Kier molecular flexibility index (Phi) is 62.5. The smallest absolute Gasteiger partial charge is 0.306 e. The maximum Gasteiger partial charge on any atom is 0.306 e. The van der Waals surface area contributed by atoms with Crippen LogP contribution in [0.4, 0.5) is 0 Å². The Balaban J connectivity index is 2.52. The molecule has 6 N–H and O–H groups in total. The van der Waals surface area contributed by atoms with Crippen molar-refractivity contribution in [2.45, 2.75) is 404 Å². The van der Waals surface area contributed by atoms with Crippen molar-refractivity contribution >= 4 is 11.9 Å². The highest BCUT2D eigenvalue weighted by Gasteiger charge is 2.47. The van der Waals surface area contributed by atoms with E-state index >= 15 is 0 Å². The van der Waals surface area contributed by atoms with Crippen LogP contribution in [0.5, 0.6) is 0 Å². The largest absolute Gasteiger partial charge is 0.454 e. The number of rotatable bonds is 66. The zero-order valence-corrected chi connectivity index (χ0v) is 58.5. The molecular weight excluding hydrogens is 1120 g/mol. The van der Waals surface area contributed by atoms with E-state index in [1.54, 1.807) is 6.08 Å². The average Bonchev–Trinajstić information content (AvgIpc) is 3.71. The molecule has 0 aliphatic carbocycles. The van der Waals surface area contributed by atoms with Crippen molar-refractivity contribution in [3.8, 4) is 0 Å². The van der Waals surface area contributed by atoms with E-state index < -0.39 is 67.4 Å². The third-order valence-electron chi connectivity index (χ3n) is 17.9. The first-order chi connectivity index (χ1) is 44.2. The number of hydrogen-bond acceptors (Lipinski definition) is 10. The lowest BCUT2D eigenvalue weighted by atomic mass is 9.99. The summed E-state index contributed by atoms with van der Waals surface area (Å²) in [6.07, 6.45) is 76.6. The van der Waals surface area contributed by atoms with Gasteiger partial charge in [-0.2, -0.15) is 0 Å². The molecule has 0 aromatic carbocycles. The van der Waals surface area contributed by atoms with Gasteiger partial charge >= 0.3 is 5.97 Å². The van der Waals surface area contributed by atoms with E-state index in [1.165, 1.54) is 212 Å². The third-order valence-corrected chi connectivity index (χ3v) is 17.9. The van der Waals surface area contributed by atoms with Crippen LogP contribution in [-0.4, -0.2) is 99.6 Å². The van der Waals surface area contributed by atoms with Gasteiger partial charge in [0, 0.05) is 6.42 Å². The van der Waals surface area contributed by atoms with Crippen LogP contribution < -0.4 is 5.32 Å². The van der Waals surface area contributed by atoms with Gasteiger partial charge in [0.05, 0.1) is 25.4 Å². The second-order valence-electron chi connectivity index (χ2n) is 26.4. The summed E-state index contributed by atoms with van der Waals surface area (Å²) < 4.78 is 17.7. The summed E-state index contributed by atoms with van der Waals surface area (Å²) in [4.78, 5) is 26.7. The van der Waals surface area contributed by atoms with Gasteiger partial charge < -0.3 is 45.1 Å². The summed E-state index contributed by atoms with van der Waals surface area (Å²) in [5, 5.41) is 57.4. The van der Waals surface area contributed by atoms with Crippen LogP contribution in [0.15, 0.2) is 72.9 Å². The molecule has 1 heterocycles. The number of allylic oxidation sites excluding steroid dienone is 11. The quantitative estimate of drug-likeness (QED) is 0.0195. The molecule has 11 nitrogen and oxygen atoms in total. The van der Waals surface area contributed by atoms with Gasteiger partial charge in [0.2, 0.25) is 5.91 Å². The summed E-state index contributed by atoms with van der Waals surface area (Å²) in [5.41, 5.74) is 0. The second-order valence-corrected chi connectivity index (χ2v) is 26.4. The Morgan fingerprint density at radius 3 is 1.20 bits per heavy atom. The maximum absolute atomic E-state index is 13.5. The number of carbonyl (C=O) groups is 2. The molecule has 0 saturated carbocycles. The fourth-order valence-corrected chi connectivity index (χ4v) is 11.9. The summed E-state index contributed by atoms with van der Waals surface area (Å²) in [5.74, 6) is -1.18. The first kappa shape index (κ1) is 85.1. The third kappa shape index (κ3) is 52.5. The van der Waals surface area contributed by atoms with Crippen molar-refractivity contribution in [1.29, 1.82) is 0 Å². The van der Waals surface area contributed by atoms with Crippen LogP contribution in [-0.2, 0) is 23.8 Å². The van der Waals surface area contributed by atoms with Crippen LogP contribution >= 0.6 is 0 Å². The molecule has 1 aliphatic rings. The fourth-order valence-electron chi connectivity index (χ4n) is 11.9. The Labute approximate surface area is 553 Å². The minimum Gasteiger partial charge on any atom is -0.454 e. The van der Waals surface area contributed by atoms with Gasteiger partial charge in [-0.1, -0.05) is 351 Å². The first-order valence-electron chi connectivity index (χ1n) is 38.2. The predicted octanol–water partition coefficient (Wildman–Crippen LogP) is 20.2. The predicted molar refractivity (Wildman–Crippen MR) is 379 cm³/mol. The van der Waals surface area contributed by atoms with Crippen molar-refractivity contribution < 1.29 is 49.3 Å². The maximum atomic E-state index is 13.5. The normalized spacial score (nSPS) is 18.4. The molecule has 90 heavy (non-hydrogen) atoms. The van der Waals surface area contributed by atoms with Crippen LogP contribution in [0, 0.1) is 0 Å². The number of nitrogens with one attached hydrogen (secondary N) is 1. The van der Waals surface area contributed by atoms with Crippen LogP contribution in [0.1, 0.15) is 355 Å². The molecular formula is C79H143NO10. The SMILES string of the molecule is CC/C=C\C/C=C\C/C=C\C/C=C\C/C=C\CCCCCCCCCCCCCC(=O)OC1C(OCC(NC(=O)C(O)CCCCCCCCCCCCCCCCCCCCCCCC)C(O)/C=C/CCCCCCCCCCCC)OC(CO)C(O)C1O. The van der Waals surface area contributed by atoms with E-state index in [4.69, 9.17) is 14.2 Å². The zero-order valence-electron chi connectivity index (χ0n) is 58.5. The van der Waals surface area contributed by atoms with Gasteiger partial charge in [-0.15, -0.1) is 0 Å². The standard InChI is InChI=1S/C79H143NO10/c1-4-7-10-13-16-19-22-25-27-29-31-33-35-36-37-38-39-41-43-45-47-49-52-55-58-61-64-67-74(84)90-77-76(86)75(85)73(68-81)89-79(77)88-69-70(71(82)65-62-59-56-53-50-24-21-18-15-12-9-6-3)80-78(87)72(83)66-63-60-57-54-51-48-46-44-42-40-34-32-30-28-26-23-20-17-14-11-8-5-2/h7,10,16,19,25,27,31,33,36-37,62,65,70-73,75-77,79,81-83,85-86H,4-6,8-9,11-15,17-18,20-24,26,28-30,32,34-35,38-61,63-64,66-69H2,1-3H3,(H,80,87)/b10-7-,19-16-,27-25-,33-31-,37-36-,65-62+. The molecule has 0 aromatic rings. The van der Waals surface area contributed by atoms with E-state index in [2.05, 4.69) is 86.8 Å². The minimum absolute atomic E-state index is 0.119. The molecule has 0 radical (unpaired) electrons. The van der Waals surface area contributed by atoms with Crippen LogP contribution in [0.3, 0.4) is 0 Å². The van der Waals surface area contributed by atoms with Gasteiger partial charge in [-0.05, 0) is 70.6 Å². The summed E-state index contributed by atoms with van der Waals surface area (Å²) in [7, 11) is 0. The average molecular weight is 1270 g/mol. The Bertz CT molecular complexity index is 1750. The Morgan fingerprint density at radius 2 is 0.800 bits per heavy atom. The van der Waals surface area contributed by atoms with Crippen molar-refractivity contribution in [3.05, 3.63) is 72.9 Å². The molecule has 0 aromatic heterocycles. The molecule has 8 atom stereocenters. The van der Waals surface area contributed by atoms with Gasteiger partial charge in [0.25, 0.3) is 0 Å². The summed E-state index contributed by atoms with van der Waals surface area (Å²) in [6, 6.07) is -1.03. The number of hydrogen-bond donors (Lipinski definition) is 6. The Morgan fingerprint density at radius 1 is 0.444 bits per heavy atom. The topological polar surface area (TPSA) is 175 Å².